The van der Waals surface area contributed by atoms with E-state index in [4.69, 9.17) is 4.43 Å². The number of allylic oxidation sites excluding steroid dienone is 1. The lowest BCUT2D eigenvalue weighted by atomic mass is 10.2. The van der Waals surface area contributed by atoms with Crippen molar-refractivity contribution in [3.8, 4) is 0 Å². The Labute approximate surface area is 150 Å². The molecule has 0 amide bonds. The van der Waals surface area contributed by atoms with Crippen LogP contribution in [0.15, 0.2) is 46.5 Å². The number of hydrogen-bond acceptors (Lipinski definition) is 2. The van der Waals surface area contributed by atoms with Crippen LogP contribution in [-0.2, 0) is 4.43 Å². The summed E-state index contributed by atoms with van der Waals surface area (Å²) in [6, 6.07) is 10.7. The molecule has 1 unspecified atom stereocenters. The first-order valence-corrected chi connectivity index (χ1v) is 16.3. The fourth-order valence-electron chi connectivity index (χ4n) is 2.18. The van der Waals surface area contributed by atoms with Crippen molar-refractivity contribution in [1.29, 1.82) is 0 Å². The summed E-state index contributed by atoms with van der Waals surface area (Å²) >= 11 is 1.93. The van der Waals surface area contributed by atoms with Crippen LogP contribution in [0.1, 0.15) is 20.3 Å². The van der Waals surface area contributed by atoms with Gasteiger partial charge < -0.3 is 4.43 Å². The van der Waals surface area contributed by atoms with Crippen LogP contribution < -0.4 is 0 Å². The first-order chi connectivity index (χ1) is 10.5. The van der Waals surface area contributed by atoms with Crippen LogP contribution in [-0.4, -0.2) is 27.7 Å². The molecule has 0 aliphatic rings. The lowest BCUT2D eigenvalue weighted by Gasteiger charge is -2.30. The summed E-state index contributed by atoms with van der Waals surface area (Å²) in [5.41, 5.74) is 0. The molecule has 4 heteroatoms. The minimum Gasteiger partial charge on any atom is -0.413 e. The van der Waals surface area contributed by atoms with E-state index in [-0.39, 0.29) is 6.10 Å². The highest BCUT2D eigenvalue weighted by atomic mass is 32.2. The van der Waals surface area contributed by atoms with Gasteiger partial charge in [0.2, 0.25) is 0 Å². The maximum absolute atomic E-state index is 6.52. The van der Waals surface area contributed by atoms with E-state index in [0.29, 0.717) is 5.25 Å². The molecular weight excluding hydrogens is 332 g/mol. The first kappa shape index (κ1) is 20.7. The molecule has 0 bridgehead atoms. The highest BCUT2D eigenvalue weighted by Crippen LogP contribution is 2.30. The molecule has 0 saturated heterocycles. The van der Waals surface area contributed by atoms with E-state index in [1.54, 1.807) is 5.20 Å². The summed E-state index contributed by atoms with van der Waals surface area (Å²) in [5.74, 6) is 0. The second-order valence-corrected chi connectivity index (χ2v) is 19.5. The molecule has 0 aliphatic heterocycles. The van der Waals surface area contributed by atoms with Crippen molar-refractivity contribution >= 4 is 28.2 Å². The van der Waals surface area contributed by atoms with Crippen molar-refractivity contribution in [1.82, 2.24) is 0 Å². The van der Waals surface area contributed by atoms with Gasteiger partial charge >= 0.3 is 0 Å². The van der Waals surface area contributed by atoms with E-state index >= 15 is 0 Å². The van der Waals surface area contributed by atoms with E-state index in [2.05, 4.69) is 89.5 Å². The van der Waals surface area contributed by atoms with E-state index in [9.17, 15) is 0 Å². The van der Waals surface area contributed by atoms with Crippen molar-refractivity contribution < 1.29 is 4.43 Å². The van der Waals surface area contributed by atoms with Crippen molar-refractivity contribution in [2.75, 3.05) is 0 Å². The molecule has 0 saturated carbocycles. The van der Waals surface area contributed by atoms with Crippen LogP contribution in [0.3, 0.4) is 0 Å². The molecule has 1 nitrogen and oxygen atoms in total. The lowest BCUT2D eigenvalue weighted by molar-refractivity contribution is 0.198. The van der Waals surface area contributed by atoms with E-state index in [1.165, 1.54) is 4.90 Å². The normalized spacial score (nSPS) is 16.3. The van der Waals surface area contributed by atoms with Gasteiger partial charge in [0.25, 0.3) is 0 Å². The smallest absolute Gasteiger partial charge is 0.184 e. The Bertz CT molecular complexity index is 500. The maximum Gasteiger partial charge on any atom is 0.184 e. The fraction of sp³-hybridized carbons (Fsp3) is 0.579. The predicted octanol–water partition coefficient (Wildman–Crippen LogP) is 6.60. The largest absolute Gasteiger partial charge is 0.413 e. The zero-order valence-corrected chi connectivity index (χ0v) is 19.0. The van der Waals surface area contributed by atoms with Gasteiger partial charge in [-0.3, -0.25) is 0 Å². The third kappa shape index (κ3) is 8.38. The molecule has 1 aromatic rings. The molecule has 0 fully saturated rings. The third-order valence-electron chi connectivity index (χ3n) is 3.93. The Hall–Kier alpha value is -0.296. The molecule has 130 valence electrons. The quantitative estimate of drug-likeness (QED) is 0.378. The standard InChI is InChI=1S/C19H34OSSi2/c1-16(22(3,4)5)14-15-19(20-23(6,7)8)17(2)21-18-12-10-9-11-13-18/h9-14,17,19H,15H2,1-8H3/b16-14-/t17?,19-/m1/s1. The molecule has 1 aromatic carbocycles. The van der Waals surface area contributed by atoms with Crippen LogP contribution in [0.2, 0.25) is 39.3 Å². The van der Waals surface area contributed by atoms with Gasteiger partial charge in [-0.05, 0) is 45.1 Å². The van der Waals surface area contributed by atoms with Gasteiger partial charge in [0.1, 0.15) is 0 Å². The number of benzene rings is 1. The Kier molecular flexibility index (Phi) is 7.85. The lowest BCUT2D eigenvalue weighted by Crippen LogP contribution is -2.36. The van der Waals surface area contributed by atoms with Crippen LogP contribution in [0.4, 0.5) is 0 Å². The zero-order valence-electron chi connectivity index (χ0n) is 16.1. The van der Waals surface area contributed by atoms with Crippen molar-refractivity contribution in [3.05, 3.63) is 41.6 Å². The van der Waals surface area contributed by atoms with E-state index in [0.717, 1.165) is 6.42 Å². The minimum atomic E-state index is -1.55. The van der Waals surface area contributed by atoms with Gasteiger partial charge in [0.05, 0.1) is 14.2 Å². The molecule has 2 atom stereocenters. The summed E-state index contributed by atoms with van der Waals surface area (Å²) in [6.45, 7) is 18.7. The topological polar surface area (TPSA) is 9.23 Å². The van der Waals surface area contributed by atoms with Crippen LogP contribution >= 0.6 is 11.8 Å². The highest BCUT2D eigenvalue weighted by Gasteiger charge is 2.26. The monoisotopic (exact) mass is 366 g/mol. The predicted molar refractivity (Wildman–Crippen MR) is 112 cm³/mol. The Balaban J connectivity index is 2.83. The minimum absolute atomic E-state index is 0.290. The van der Waals surface area contributed by atoms with Gasteiger partial charge in [-0.15, -0.1) is 11.8 Å². The Morgan fingerprint density at radius 2 is 1.65 bits per heavy atom. The van der Waals surface area contributed by atoms with E-state index < -0.39 is 16.4 Å². The average Bonchev–Trinajstić information content (AvgIpc) is 2.41. The van der Waals surface area contributed by atoms with Gasteiger partial charge in [0, 0.05) is 10.1 Å². The van der Waals surface area contributed by atoms with Crippen molar-refractivity contribution in [3.63, 3.8) is 0 Å². The SMILES string of the molecule is C/C(=C/C[C@@H](O[Si](C)(C)C)C(C)Sc1ccccc1)[Si](C)(C)C. The number of rotatable bonds is 8. The van der Waals surface area contributed by atoms with Crippen LogP contribution in [0, 0.1) is 0 Å². The van der Waals surface area contributed by atoms with Gasteiger partial charge in [-0.2, -0.15) is 0 Å². The summed E-state index contributed by atoms with van der Waals surface area (Å²) < 4.78 is 6.52. The molecule has 0 spiro atoms. The molecule has 0 aliphatic carbocycles. The Morgan fingerprint density at radius 3 is 2.13 bits per heavy atom. The van der Waals surface area contributed by atoms with E-state index in [1.807, 2.05) is 11.8 Å². The number of hydrogen-bond donors (Lipinski definition) is 0. The molecule has 0 N–H and O–H groups in total. The van der Waals surface area contributed by atoms with Crippen LogP contribution in [0.25, 0.3) is 0 Å². The molecule has 0 aromatic heterocycles. The third-order valence-corrected chi connectivity index (χ3v) is 8.73. The van der Waals surface area contributed by atoms with Crippen molar-refractivity contribution in [2.45, 2.75) is 75.8 Å². The number of thioether (sulfide) groups is 1. The van der Waals surface area contributed by atoms with Gasteiger partial charge in [-0.25, -0.2) is 0 Å². The zero-order chi connectivity index (χ0) is 17.7. The molecular formula is C19H34OSSi2. The summed E-state index contributed by atoms with van der Waals surface area (Å²) in [5, 5.41) is 2.04. The summed E-state index contributed by atoms with van der Waals surface area (Å²) in [7, 11) is -2.73. The summed E-state index contributed by atoms with van der Waals surface area (Å²) in [6.07, 6.45) is 3.76. The highest BCUT2D eigenvalue weighted by molar-refractivity contribution is 8.00. The molecule has 23 heavy (non-hydrogen) atoms. The molecule has 1 rings (SSSR count). The first-order valence-electron chi connectivity index (χ1n) is 8.56. The molecule has 0 radical (unpaired) electrons. The van der Waals surface area contributed by atoms with Crippen molar-refractivity contribution in [2.24, 2.45) is 0 Å². The molecule has 0 heterocycles. The van der Waals surface area contributed by atoms with Gasteiger partial charge in [-0.1, -0.05) is 56.0 Å². The maximum atomic E-state index is 6.52. The second-order valence-electron chi connectivity index (χ2n) is 8.28. The summed E-state index contributed by atoms with van der Waals surface area (Å²) in [4.78, 5) is 1.33. The average molecular weight is 367 g/mol. The second kappa shape index (κ2) is 8.70. The Morgan fingerprint density at radius 1 is 1.09 bits per heavy atom. The van der Waals surface area contributed by atoms with Gasteiger partial charge in [0.15, 0.2) is 8.32 Å². The van der Waals surface area contributed by atoms with Crippen LogP contribution in [0.5, 0.6) is 0 Å². The fourth-order valence-corrected chi connectivity index (χ4v) is 5.28.